The van der Waals surface area contributed by atoms with Gasteiger partial charge in [-0.05, 0) is 68.0 Å². The number of carbonyl (C=O) groups is 2. The maximum Gasteiger partial charge on any atom is 0.287 e. The fraction of sp³-hybridized carbons (Fsp3) is 0.333. The van der Waals surface area contributed by atoms with Crippen LogP contribution >= 0.6 is 23.2 Å². The minimum Gasteiger partial charge on any atom is -0.486 e. The van der Waals surface area contributed by atoms with Crippen molar-refractivity contribution in [3.63, 3.8) is 0 Å². The largest absolute Gasteiger partial charge is 0.486 e. The van der Waals surface area contributed by atoms with Gasteiger partial charge >= 0.3 is 0 Å². The van der Waals surface area contributed by atoms with Gasteiger partial charge in [-0.25, -0.2) is 4.39 Å². The highest BCUT2D eigenvalue weighted by Gasteiger charge is 2.27. The summed E-state index contributed by atoms with van der Waals surface area (Å²) in [5.74, 6) is 0.0127. The summed E-state index contributed by atoms with van der Waals surface area (Å²) in [5, 5.41) is 4.41. The van der Waals surface area contributed by atoms with Gasteiger partial charge in [-0.2, -0.15) is 0 Å². The first-order valence-electron chi connectivity index (χ1n) is 10.5. The quantitative estimate of drug-likeness (QED) is 0.418. The normalized spacial score (nSPS) is 18.1. The Hall–Kier alpha value is -2.57. The summed E-state index contributed by atoms with van der Waals surface area (Å²) in [5.41, 5.74) is 0.617. The first-order valence-corrected chi connectivity index (χ1v) is 11.2. The highest BCUT2D eigenvalue weighted by molar-refractivity contribution is 6.31. The number of carbonyl (C=O) groups excluding carboxylic acids is 2. The van der Waals surface area contributed by atoms with E-state index in [1.54, 1.807) is 24.3 Å². The second kappa shape index (κ2) is 9.92. The van der Waals surface area contributed by atoms with E-state index in [1.807, 2.05) is 0 Å². The number of fused-ring (bicyclic) bond motifs is 1. The zero-order valence-corrected chi connectivity index (χ0v) is 18.7. The number of halogens is 3. The van der Waals surface area contributed by atoms with Gasteiger partial charge in [-0.3, -0.25) is 9.59 Å². The number of ketones is 1. The molecular weight excluding hydrogens is 456 g/mol. The zero-order valence-electron chi connectivity index (χ0n) is 17.2. The molecule has 1 amide bonds. The van der Waals surface area contributed by atoms with Crippen molar-refractivity contribution < 1.29 is 23.1 Å². The molecule has 1 aliphatic rings. The summed E-state index contributed by atoms with van der Waals surface area (Å²) >= 11 is 11.6. The van der Waals surface area contributed by atoms with Gasteiger partial charge < -0.3 is 14.5 Å². The lowest BCUT2D eigenvalue weighted by Crippen LogP contribution is -2.32. The van der Waals surface area contributed by atoms with Crippen molar-refractivity contribution in [2.45, 2.75) is 38.1 Å². The van der Waals surface area contributed by atoms with Crippen LogP contribution in [-0.4, -0.2) is 24.3 Å². The molecule has 1 fully saturated rings. The number of benzene rings is 2. The number of furan rings is 1. The van der Waals surface area contributed by atoms with Gasteiger partial charge in [0.25, 0.3) is 5.91 Å². The van der Waals surface area contributed by atoms with E-state index in [-0.39, 0.29) is 40.9 Å². The van der Waals surface area contributed by atoms with E-state index in [2.05, 4.69) is 5.32 Å². The number of nitrogens with one attached hydrogen (secondary N) is 1. The number of ether oxygens (including phenoxy) is 1. The third-order valence-electron chi connectivity index (χ3n) is 5.70. The maximum absolute atomic E-state index is 13.4. The van der Waals surface area contributed by atoms with E-state index in [0.717, 1.165) is 37.1 Å². The van der Waals surface area contributed by atoms with E-state index in [0.29, 0.717) is 22.9 Å². The van der Waals surface area contributed by atoms with Crippen LogP contribution in [0, 0.1) is 11.7 Å². The Balaban J connectivity index is 1.20. The molecule has 4 rings (SSSR count). The number of Topliss-reactive ketones (excluding diaryl/α,β-unsaturated/α-hetero) is 1. The highest BCUT2D eigenvalue weighted by Crippen LogP contribution is 2.30. The Morgan fingerprint density at radius 2 is 1.97 bits per heavy atom. The lowest BCUT2D eigenvalue weighted by atomic mass is 10.00. The van der Waals surface area contributed by atoms with Gasteiger partial charge in [0.1, 0.15) is 23.8 Å². The predicted molar refractivity (Wildman–Crippen MR) is 121 cm³/mol. The molecule has 0 aliphatic heterocycles. The van der Waals surface area contributed by atoms with Gasteiger partial charge in [0.2, 0.25) is 0 Å². The summed E-state index contributed by atoms with van der Waals surface area (Å²) in [6.45, 7) is -0.107. The van der Waals surface area contributed by atoms with Crippen molar-refractivity contribution in [3.8, 4) is 5.75 Å². The SMILES string of the molecule is O=C(CCC1CCC(NC(=O)c2cc3cc(Cl)ccc3o2)C1)COc1ccc(Cl)c(F)c1. The molecule has 0 spiro atoms. The predicted octanol–water partition coefficient (Wildman–Crippen LogP) is 6.21. The molecule has 168 valence electrons. The molecule has 2 unspecified atom stereocenters. The minimum absolute atomic E-state index is 0.0104. The third-order valence-corrected chi connectivity index (χ3v) is 6.24. The van der Waals surface area contributed by atoms with Crippen molar-refractivity contribution in [2.24, 2.45) is 5.92 Å². The molecule has 1 heterocycles. The zero-order chi connectivity index (χ0) is 22.7. The average Bonchev–Trinajstić information content (AvgIpc) is 3.39. The van der Waals surface area contributed by atoms with Crippen LogP contribution in [0.15, 0.2) is 46.9 Å². The Kier molecular flexibility index (Phi) is 7.01. The molecule has 1 saturated carbocycles. The minimum atomic E-state index is -0.581. The van der Waals surface area contributed by atoms with Crippen LogP contribution in [0.25, 0.3) is 11.0 Å². The van der Waals surface area contributed by atoms with E-state index in [9.17, 15) is 14.0 Å². The lowest BCUT2D eigenvalue weighted by Gasteiger charge is -2.12. The summed E-state index contributed by atoms with van der Waals surface area (Å²) in [7, 11) is 0. The summed E-state index contributed by atoms with van der Waals surface area (Å²) in [4.78, 5) is 24.7. The second-order valence-electron chi connectivity index (χ2n) is 8.08. The Morgan fingerprint density at radius 3 is 2.78 bits per heavy atom. The van der Waals surface area contributed by atoms with Crippen LogP contribution in [0.1, 0.15) is 42.7 Å². The molecule has 3 aromatic rings. The molecule has 5 nitrogen and oxygen atoms in total. The van der Waals surface area contributed by atoms with E-state index >= 15 is 0 Å². The van der Waals surface area contributed by atoms with Crippen LogP contribution in [-0.2, 0) is 4.79 Å². The van der Waals surface area contributed by atoms with Crippen molar-refractivity contribution in [3.05, 3.63) is 64.1 Å². The molecular formula is C24H22Cl2FNO4. The fourth-order valence-corrected chi connectivity index (χ4v) is 4.32. The van der Waals surface area contributed by atoms with Gasteiger partial charge in [0.05, 0.1) is 5.02 Å². The van der Waals surface area contributed by atoms with Crippen LogP contribution in [0.2, 0.25) is 10.0 Å². The smallest absolute Gasteiger partial charge is 0.287 e. The van der Waals surface area contributed by atoms with Crippen LogP contribution in [0.3, 0.4) is 0 Å². The highest BCUT2D eigenvalue weighted by atomic mass is 35.5. The van der Waals surface area contributed by atoms with Crippen LogP contribution in [0.4, 0.5) is 4.39 Å². The summed E-state index contributed by atoms with van der Waals surface area (Å²) < 4.78 is 24.4. The van der Waals surface area contributed by atoms with Gasteiger partial charge in [-0.15, -0.1) is 0 Å². The van der Waals surface area contributed by atoms with E-state index in [4.69, 9.17) is 32.4 Å². The second-order valence-corrected chi connectivity index (χ2v) is 8.93. The summed E-state index contributed by atoms with van der Waals surface area (Å²) in [6, 6.07) is 11.0. The monoisotopic (exact) mass is 477 g/mol. The van der Waals surface area contributed by atoms with Crippen molar-refractivity contribution in [1.82, 2.24) is 5.32 Å². The van der Waals surface area contributed by atoms with Crippen molar-refractivity contribution in [2.75, 3.05) is 6.61 Å². The molecule has 32 heavy (non-hydrogen) atoms. The van der Waals surface area contributed by atoms with Crippen LogP contribution < -0.4 is 10.1 Å². The topological polar surface area (TPSA) is 68.5 Å². The van der Waals surface area contributed by atoms with Gasteiger partial charge in [0.15, 0.2) is 11.5 Å². The third kappa shape index (κ3) is 5.61. The Morgan fingerprint density at radius 1 is 1.12 bits per heavy atom. The maximum atomic E-state index is 13.4. The molecule has 1 aliphatic carbocycles. The van der Waals surface area contributed by atoms with Gasteiger partial charge in [-0.1, -0.05) is 23.2 Å². The molecule has 2 atom stereocenters. The lowest BCUT2D eigenvalue weighted by molar-refractivity contribution is -0.121. The molecule has 0 bridgehead atoms. The molecule has 8 heteroatoms. The summed E-state index contributed by atoms with van der Waals surface area (Å²) in [6.07, 6.45) is 3.72. The number of hydrogen-bond acceptors (Lipinski definition) is 4. The first-order chi connectivity index (χ1) is 15.4. The van der Waals surface area contributed by atoms with E-state index < -0.39 is 5.82 Å². The average molecular weight is 478 g/mol. The van der Waals surface area contributed by atoms with Crippen molar-refractivity contribution >= 4 is 45.9 Å². The molecule has 1 N–H and O–H groups in total. The molecule has 1 aromatic heterocycles. The molecule has 0 radical (unpaired) electrons. The Bertz CT molecular complexity index is 1150. The number of hydrogen-bond donors (Lipinski definition) is 1. The molecule has 0 saturated heterocycles. The number of amides is 1. The van der Waals surface area contributed by atoms with Gasteiger partial charge in [0, 0.05) is 28.9 Å². The van der Waals surface area contributed by atoms with Crippen LogP contribution in [0.5, 0.6) is 5.75 Å². The first kappa shape index (κ1) is 22.6. The number of rotatable bonds is 8. The van der Waals surface area contributed by atoms with E-state index in [1.165, 1.54) is 12.1 Å². The van der Waals surface area contributed by atoms with Crippen molar-refractivity contribution in [1.29, 1.82) is 0 Å². The fourth-order valence-electron chi connectivity index (χ4n) is 4.02. The molecule has 2 aromatic carbocycles. The standard InChI is InChI=1S/C24H22Cl2FNO4/c25-16-3-8-22-15(10-16)11-23(32-22)24(30)28-17-4-1-14(9-17)2-5-18(29)13-31-19-6-7-20(26)21(27)12-19/h3,6-8,10-12,14,17H,1-2,4-5,9,13H2,(H,28,30). The Labute approximate surface area is 194 Å².